The highest BCUT2D eigenvalue weighted by molar-refractivity contribution is 6.37. The largest absolute Gasteiger partial charge is 0.475 e. The molecule has 5 nitrogen and oxygen atoms in total. The Kier molecular flexibility index (Phi) is 4.33. The van der Waals surface area contributed by atoms with Crippen LogP contribution in [0.2, 0.25) is 0 Å². The number of carboxylic acid groups (broad SMARTS) is 1. The van der Waals surface area contributed by atoms with E-state index in [1.54, 1.807) is 22.9 Å². The van der Waals surface area contributed by atoms with Crippen molar-refractivity contribution in [1.29, 1.82) is 0 Å². The molecule has 0 unspecified atom stereocenters. The summed E-state index contributed by atoms with van der Waals surface area (Å²) in [4.78, 5) is 33.6. The Balaban J connectivity index is 2.17. The number of nitrogens with zero attached hydrogens (tertiary/aromatic N) is 1. The zero-order chi connectivity index (χ0) is 15.4. The van der Waals surface area contributed by atoms with E-state index in [1.165, 1.54) is 0 Å². The monoisotopic (exact) mass is 285 g/mol. The number of aromatic nitrogens is 1. The maximum atomic E-state index is 12.0. The molecule has 0 spiro atoms. The van der Waals surface area contributed by atoms with Crippen LogP contribution in [-0.2, 0) is 16.1 Å². The van der Waals surface area contributed by atoms with Crippen molar-refractivity contribution < 1.29 is 19.5 Å². The third-order valence-corrected chi connectivity index (χ3v) is 3.11. The van der Waals surface area contributed by atoms with Crippen molar-refractivity contribution in [2.75, 3.05) is 0 Å². The fourth-order valence-corrected chi connectivity index (χ4v) is 2.12. The molecule has 1 aromatic carbocycles. The Morgan fingerprint density at radius 3 is 2.57 bits per heavy atom. The van der Waals surface area contributed by atoms with Crippen molar-refractivity contribution in [3.63, 3.8) is 0 Å². The number of Topliss-reactive ketones (excluding diaryl/α,β-unsaturated/α-hetero) is 2. The molecule has 2 rings (SSSR count). The highest BCUT2D eigenvalue weighted by atomic mass is 16.4. The molecule has 1 N–H and O–H groups in total. The normalized spacial score (nSPS) is 10.3. The lowest BCUT2D eigenvalue weighted by Crippen LogP contribution is -2.19. The number of rotatable bonds is 6. The van der Waals surface area contributed by atoms with Gasteiger partial charge in [-0.3, -0.25) is 9.59 Å². The number of aryl methyl sites for hydroxylation is 1. The number of carbonyl (C=O) groups excluding carboxylic acids is 2. The Morgan fingerprint density at radius 1 is 1.14 bits per heavy atom. The zero-order valence-electron chi connectivity index (χ0n) is 11.6. The lowest BCUT2D eigenvalue weighted by Gasteiger charge is -2.08. The Labute approximate surface area is 121 Å². The topological polar surface area (TPSA) is 76.4 Å². The van der Waals surface area contributed by atoms with Crippen LogP contribution in [-0.4, -0.2) is 27.2 Å². The van der Waals surface area contributed by atoms with Crippen LogP contribution in [0.1, 0.15) is 28.0 Å². The van der Waals surface area contributed by atoms with Crippen LogP contribution in [0.15, 0.2) is 42.6 Å². The fraction of sp³-hybridized carbons (Fsp3) is 0.188. The van der Waals surface area contributed by atoms with E-state index in [-0.39, 0.29) is 0 Å². The summed E-state index contributed by atoms with van der Waals surface area (Å²) in [6.45, 7) is 2.48. The molecule has 1 aromatic heterocycles. The molecule has 5 heteroatoms. The van der Waals surface area contributed by atoms with E-state index in [9.17, 15) is 14.4 Å². The molecule has 1 heterocycles. The van der Waals surface area contributed by atoms with Gasteiger partial charge in [0.05, 0.1) is 12.1 Å². The van der Waals surface area contributed by atoms with Gasteiger partial charge in [0.2, 0.25) is 5.78 Å². The number of benzene rings is 1. The van der Waals surface area contributed by atoms with Crippen LogP contribution >= 0.6 is 0 Å². The van der Waals surface area contributed by atoms with Gasteiger partial charge in [-0.1, -0.05) is 29.8 Å². The van der Waals surface area contributed by atoms with Crippen LogP contribution in [0.25, 0.3) is 0 Å². The van der Waals surface area contributed by atoms with E-state index in [4.69, 9.17) is 5.11 Å². The molecule has 0 fully saturated rings. The van der Waals surface area contributed by atoms with Crippen LogP contribution < -0.4 is 0 Å². The van der Waals surface area contributed by atoms with Crippen LogP contribution in [0.3, 0.4) is 0 Å². The van der Waals surface area contributed by atoms with Gasteiger partial charge in [0.15, 0.2) is 5.78 Å². The average Bonchev–Trinajstić information content (AvgIpc) is 2.86. The van der Waals surface area contributed by atoms with Gasteiger partial charge in [0.25, 0.3) is 0 Å². The molecule has 0 aliphatic heterocycles. The average molecular weight is 285 g/mol. The van der Waals surface area contributed by atoms with Gasteiger partial charge in [-0.05, 0) is 24.6 Å². The second-order valence-electron chi connectivity index (χ2n) is 4.84. The first-order chi connectivity index (χ1) is 9.97. The number of hydrogen-bond donors (Lipinski definition) is 1. The molecule has 0 saturated heterocycles. The van der Waals surface area contributed by atoms with Gasteiger partial charge in [0, 0.05) is 12.7 Å². The van der Waals surface area contributed by atoms with E-state index in [2.05, 4.69) is 0 Å². The lowest BCUT2D eigenvalue weighted by molar-refractivity contribution is -0.148. The highest BCUT2D eigenvalue weighted by Crippen LogP contribution is 2.11. The van der Waals surface area contributed by atoms with Crippen molar-refractivity contribution in [2.45, 2.75) is 19.9 Å². The predicted molar refractivity (Wildman–Crippen MR) is 76.3 cm³/mol. The summed E-state index contributed by atoms with van der Waals surface area (Å²) in [5, 5.41) is 8.55. The molecule has 21 heavy (non-hydrogen) atoms. The van der Waals surface area contributed by atoms with Crippen molar-refractivity contribution in [2.24, 2.45) is 0 Å². The predicted octanol–water partition coefficient (Wildman–Crippen LogP) is 2.07. The first kappa shape index (κ1) is 14.7. The van der Waals surface area contributed by atoms with Crippen molar-refractivity contribution >= 4 is 17.5 Å². The van der Waals surface area contributed by atoms with Crippen LogP contribution in [0.5, 0.6) is 0 Å². The number of carbonyl (C=O) groups is 3. The first-order valence-corrected chi connectivity index (χ1v) is 6.47. The van der Waals surface area contributed by atoms with Gasteiger partial charge in [-0.15, -0.1) is 0 Å². The Bertz CT molecular complexity index is 700. The summed E-state index contributed by atoms with van der Waals surface area (Å²) in [5.41, 5.74) is 2.49. The van der Waals surface area contributed by atoms with Crippen LogP contribution in [0.4, 0.5) is 0 Å². The molecule has 108 valence electrons. The molecule has 0 amide bonds. The number of aliphatic carboxylic acids is 1. The summed E-state index contributed by atoms with van der Waals surface area (Å²) in [5.74, 6) is -3.16. The molecule has 0 atom stereocenters. The minimum atomic E-state index is -1.58. The zero-order valence-corrected chi connectivity index (χ0v) is 11.6. The smallest absolute Gasteiger partial charge is 0.372 e. The summed E-state index contributed by atoms with van der Waals surface area (Å²) < 4.78 is 1.71. The molecular weight excluding hydrogens is 270 g/mol. The van der Waals surface area contributed by atoms with E-state index >= 15 is 0 Å². The molecular formula is C16H15NO4. The molecule has 0 aliphatic rings. The van der Waals surface area contributed by atoms with Gasteiger partial charge >= 0.3 is 5.97 Å². The summed E-state index contributed by atoms with van der Waals surface area (Å²) in [6.07, 6.45) is 1.12. The third-order valence-electron chi connectivity index (χ3n) is 3.11. The van der Waals surface area contributed by atoms with Crippen LogP contribution in [0, 0.1) is 6.92 Å². The standard InChI is InChI=1S/C16H15NO4/c1-11-4-2-5-12(8-11)10-17-7-3-6-13(17)14(18)9-15(19)16(20)21/h2-8H,9-10H2,1H3,(H,20,21). The summed E-state index contributed by atoms with van der Waals surface area (Å²) >= 11 is 0. The SMILES string of the molecule is Cc1cccc(Cn2cccc2C(=O)CC(=O)C(=O)O)c1. The molecule has 0 aliphatic carbocycles. The lowest BCUT2D eigenvalue weighted by atomic mass is 10.1. The Hall–Kier alpha value is -2.69. The van der Waals surface area contributed by atoms with Gasteiger partial charge in [0.1, 0.15) is 0 Å². The number of ketones is 2. The van der Waals surface area contributed by atoms with Gasteiger partial charge < -0.3 is 9.67 Å². The van der Waals surface area contributed by atoms with Crippen molar-refractivity contribution in [3.8, 4) is 0 Å². The second-order valence-corrected chi connectivity index (χ2v) is 4.84. The highest BCUT2D eigenvalue weighted by Gasteiger charge is 2.19. The number of carboxylic acids is 1. The Morgan fingerprint density at radius 2 is 1.90 bits per heavy atom. The quantitative estimate of drug-likeness (QED) is 0.501. The second kappa shape index (κ2) is 6.17. The number of hydrogen-bond acceptors (Lipinski definition) is 3. The first-order valence-electron chi connectivity index (χ1n) is 6.47. The van der Waals surface area contributed by atoms with Gasteiger partial charge in [-0.25, -0.2) is 4.79 Å². The summed E-state index contributed by atoms with van der Waals surface area (Å²) in [7, 11) is 0. The maximum absolute atomic E-state index is 12.0. The van der Waals surface area contributed by atoms with E-state index in [0.29, 0.717) is 12.2 Å². The molecule has 0 radical (unpaired) electrons. The summed E-state index contributed by atoms with van der Waals surface area (Å²) in [6, 6.07) is 11.2. The maximum Gasteiger partial charge on any atom is 0.372 e. The van der Waals surface area contributed by atoms with E-state index < -0.39 is 24.0 Å². The molecule has 0 saturated carbocycles. The van der Waals surface area contributed by atoms with E-state index in [1.807, 2.05) is 31.2 Å². The van der Waals surface area contributed by atoms with Crippen molar-refractivity contribution in [1.82, 2.24) is 4.57 Å². The minimum absolute atomic E-state index is 0.339. The minimum Gasteiger partial charge on any atom is -0.475 e. The third kappa shape index (κ3) is 3.66. The fourth-order valence-electron chi connectivity index (χ4n) is 2.12. The molecule has 0 bridgehead atoms. The molecule has 2 aromatic rings. The van der Waals surface area contributed by atoms with Gasteiger partial charge in [-0.2, -0.15) is 0 Å². The van der Waals surface area contributed by atoms with E-state index in [0.717, 1.165) is 11.1 Å². The van der Waals surface area contributed by atoms with Crippen molar-refractivity contribution in [3.05, 3.63) is 59.4 Å².